The lowest BCUT2D eigenvalue weighted by atomic mass is 10.1. The molecule has 1 aromatic rings. The molecule has 1 aliphatic heterocycles. The highest BCUT2D eigenvalue weighted by Crippen LogP contribution is 2.13. The molecule has 0 bridgehead atoms. The van der Waals surface area contributed by atoms with Crippen LogP contribution in [0.3, 0.4) is 0 Å². The van der Waals surface area contributed by atoms with E-state index in [-0.39, 0.29) is 17.1 Å². The summed E-state index contributed by atoms with van der Waals surface area (Å²) in [6, 6.07) is 6.64. The van der Waals surface area contributed by atoms with Gasteiger partial charge in [-0.2, -0.15) is 5.26 Å². The van der Waals surface area contributed by atoms with Crippen molar-refractivity contribution in [3.8, 4) is 6.07 Å². The largest absolute Gasteiger partial charge is 0.348 e. The number of sulfone groups is 1. The lowest BCUT2D eigenvalue weighted by molar-refractivity contribution is -0.117. The van der Waals surface area contributed by atoms with Crippen molar-refractivity contribution < 1.29 is 17.6 Å². The van der Waals surface area contributed by atoms with Crippen LogP contribution in [0.5, 0.6) is 0 Å². The van der Waals surface area contributed by atoms with Gasteiger partial charge in [0.1, 0.15) is 17.5 Å². The van der Waals surface area contributed by atoms with Crippen molar-refractivity contribution in [2.45, 2.75) is 12.5 Å². The van der Waals surface area contributed by atoms with E-state index in [1.54, 1.807) is 6.07 Å². The summed E-state index contributed by atoms with van der Waals surface area (Å²) in [6.07, 6.45) is 1.68. The molecule has 5 nitrogen and oxygen atoms in total. The van der Waals surface area contributed by atoms with E-state index in [2.05, 4.69) is 5.32 Å². The number of hydrogen-bond acceptors (Lipinski definition) is 4. The Balaban J connectivity index is 2.09. The van der Waals surface area contributed by atoms with E-state index in [9.17, 15) is 17.6 Å². The molecule has 0 aromatic heterocycles. The van der Waals surface area contributed by atoms with E-state index in [4.69, 9.17) is 5.26 Å². The van der Waals surface area contributed by atoms with Crippen LogP contribution in [-0.4, -0.2) is 31.9 Å². The standard InChI is InChI=1S/C14H13FN2O3S/c15-12-3-1-10(2-4-12)7-11(8-16)14(18)17-13-5-6-21(19,20)9-13/h1-4,7,13H,5-6,9H2,(H,17,18). The third kappa shape index (κ3) is 4.13. The minimum atomic E-state index is -3.10. The normalized spacial score (nSPS) is 20.8. The zero-order valence-corrected chi connectivity index (χ0v) is 11.9. The number of nitrogens with one attached hydrogen (secondary N) is 1. The van der Waals surface area contributed by atoms with E-state index in [1.165, 1.54) is 30.3 Å². The van der Waals surface area contributed by atoms with Crippen LogP contribution in [0.15, 0.2) is 29.8 Å². The highest BCUT2D eigenvalue weighted by Gasteiger charge is 2.29. The molecule has 0 radical (unpaired) electrons. The maximum absolute atomic E-state index is 12.8. The fourth-order valence-corrected chi connectivity index (χ4v) is 3.72. The Kier molecular flexibility index (Phi) is 4.38. The van der Waals surface area contributed by atoms with Crippen LogP contribution in [0.2, 0.25) is 0 Å². The van der Waals surface area contributed by atoms with Gasteiger partial charge in [0.15, 0.2) is 9.84 Å². The molecular weight excluding hydrogens is 295 g/mol. The molecule has 1 N–H and O–H groups in total. The Hall–Kier alpha value is -2.20. The van der Waals surface area contributed by atoms with Gasteiger partial charge in [0.05, 0.1) is 11.5 Å². The average Bonchev–Trinajstić information content (AvgIpc) is 2.77. The van der Waals surface area contributed by atoms with Crippen molar-refractivity contribution in [1.29, 1.82) is 5.26 Å². The summed E-state index contributed by atoms with van der Waals surface area (Å²) in [6.45, 7) is 0. The number of nitrogens with zero attached hydrogens (tertiary/aromatic N) is 1. The predicted molar refractivity (Wildman–Crippen MR) is 75.2 cm³/mol. The molecule has 1 fully saturated rings. The average molecular weight is 308 g/mol. The molecule has 1 unspecified atom stereocenters. The second-order valence-corrected chi connectivity index (χ2v) is 7.02. The van der Waals surface area contributed by atoms with Gasteiger partial charge in [0, 0.05) is 6.04 Å². The van der Waals surface area contributed by atoms with E-state index in [0.29, 0.717) is 12.0 Å². The van der Waals surface area contributed by atoms with Gasteiger partial charge in [-0.15, -0.1) is 0 Å². The van der Waals surface area contributed by atoms with Crippen molar-refractivity contribution in [2.24, 2.45) is 0 Å². The maximum atomic E-state index is 12.8. The topological polar surface area (TPSA) is 87.0 Å². The van der Waals surface area contributed by atoms with Crippen molar-refractivity contribution >= 4 is 21.8 Å². The second kappa shape index (κ2) is 6.06. The number of rotatable bonds is 3. The number of amides is 1. The van der Waals surface area contributed by atoms with Crippen molar-refractivity contribution in [3.63, 3.8) is 0 Å². The smallest absolute Gasteiger partial charge is 0.262 e. The first kappa shape index (κ1) is 15.2. The fourth-order valence-electron chi connectivity index (χ4n) is 2.05. The maximum Gasteiger partial charge on any atom is 0.262 e. The zero-order chi connectivity index (χ0) is 15.5. The molecule has 0 aliphatic carbocycles. The van der Waals surface area contributed by atoms with E-state index >= 15 is 0 Å². The molecular formula is C14H13FN2O3S. The van der Waals surface area contributed by atoms with Crippen LogP contribution in [0.1, 0.15) is 12.0 Å². The summed E-state index contributed by atoms with van der Waals surface area (Å²) >= 11 is 0. The summed E-state index contributed by atoms with van der Waals surface area (Å²) in [5, 5.41) is 11.6. The predicted octanol–water partition coefficient (Wildman–Crippen LogP) is 1.04. The van der Waals surface area contributed by atoms with E-state index < -0.39 is 27.6 Å². The summed E-state index contributed by atoms with van der Waals surface area (Å²) in [4.78, 5) is 11.9. The molecule has 1 atom stereocenters. The van der Waals surface area contributed by atoms with Crippen LogP contribution < -0.4 is 5.32 Å². The lowest BCUT2D eigenvalue weighted by Gasteiger charge is -2.09. The summed E-state index contributed by atoms with van der Waals surface area (Å²) in [5.41, 5.74) is 0.369. The molecule has 2 rings (SSSR count). The van der Waals surface area contributed by atoms with Crippen LogP contribution in [-0.2, 0) is 14.6 Å². The Morgan fingerprint density at radius 1 is 1.38 bits per heavy atom. The summed E-state index contributed by atoms with van der Waals surface area (Å²) in [7, 11) is -3.10. The van der Waals surface area contributed by atoms with Gasteiger partial charge in [-0.25, -0.2) is 12.8 Å². The highest BCUT2D eigenvalue weighted by atomic mass is 32.2. The molecule has 21 heavy (non-hydrogen) atoms. The molecule has 1 amide bonds. The number of benzene rings is 1. The first-order valence-electron chi connectivity index (χ1n) is 6.28. The summed E-state index contributed by atoms with van der Waals surface area (Å²) < 4.78 is 35.4. The van der Waals surface area contributed by atoms with Crippen molar-refractivity contribution in [3.05, 3.63) is 41.2 Å². The first-order chi connectivity index (χ1) is 9.89. The zero-order valence-electron chi connectivity index (χ0n) is 11.0. The Morgan fingerprint density at radius 2 is 2.05 bits per heavy atom. The Bertz CT molecular complexity index is 718. The van der Waals surface area contributed by atoms with E-state index in [1.807, 2.05) is 0 Å². The molecule has 1 aliphatic rings. The van der Waals surface area contributed by atoms with Gasteiger partial charge in [0.25, 0.3) is 5.91 Å². The van der Waals surface area contributed by atoms with Gasteiger partial charge in [-0.3, -0.25) is 4.79 Å². The molecule has 1 aromatic carbocycles. The quantitative estimate of drug-likeness (QED) is 0.667. The Labute approximate surface area is 122 Å². The minimum Gasteiger partial charge on any atom is -0.348 e. The molecule has 1 saturated heterocycles. The van der Waals surface area contributed by atoms with Gasteiger partial charge < -0.3 is 5.32 Å². The van der Waals surface area contributed by atoms with Gasteiger partial charge in [-0.05, 0) is 30.2 Å². The van der Waals surface area contributed by atoms with Gasteiger partial charge in [-0.1, -0.05) is 12.1 Å². The molecule has 0 spiro atoms. The summed E-state index contributed by atoms with van der Waals surface area (Å²) in [5.74, 6) is -1.09. The number of carbonyl (C=O) groups is 1. The van der Waals surface area contributed by atoms with Gasteiger partial charge in [0.2, 0.25) is 0 Å². The van der Waals surface area contributed by atoms with Crippen molar-refractivity contribution in [2.75, 3.05) is 11.5 Å². The molecule has 0 saturated carbocycles. The molecule has 110 valence electrons. The number of nitriles is 1. The van der Waals surface area contributed by atoms with E-state index in [0.717, 1.165) is 0 Å². The van der Waals surface area contributed by atoms with Crippen LogP contribution >= 0.6 is 0 Å². The minimum absolute atomic E-state index is 0.0432. The Morgan fingerprint density at radius 3 is 2.57 bits per heavy atom. The number of halogens is 1. The third-order valence-electron chi connectivity index (χ3n) is 3.11. The first-order valence-corrected chi connectivity index (χ1v) is 8.10. The third-order valence-corrected chi connectivity index (χ3v) is 4.88. The molecule has 7 heteroatoms. The lowest BCUT2D eigenvalue weighted by Crippen LogP contribution is -2.36. The highest BCUT2D eigenvalue weighted by molar-refractivity contribution is 7.91. The molecule has 1 heterocycles. The number of hydrogen-bond donors (Lipinski definition) is 1. The van der Waals surface area contributed by atoms with Crippen LogP contribution in [0.25, 0.3) is 6.08 Å². The van der Waals surface area contributed by atoms with Crippen LogP contribution in [0, 0.1) is 17.1 Å². The SMILES string of the molecule is N#CC(=Cc1ccc(F)cc1)C(=O)NC1CCS(=O)(=O)C1. The van der Waals surface area contributed by atoms with Crippen LogP contribution in [0.4, 0.5) is 4.39 Å². The van der Waals surface area contributed by atoms with Crippen molar-refractivity contribution in [1.82, 2.24) is 5.32 Å². The van der Waals surface area contributed by atoms with Gasteiger partial charge >= 0.3 is 0 Å². The monoisotopic (exact) mass is 308 g/mol. The fraction of sp³-hybridized carbons (Fsp3) is 0.286. The second-order valence-electron chi connectivity index (χ2n) is 4.79. The number of carbonyl (C=O) groups excluding carboxylic acids is 1.